The van der Waals surface area contributed by atoms with Crippen LogP contribution in [-0.4, -0.2) is 36.5 Å². The second-order valence-electron chi connectivity index (χ2n) is 8.01. The normalized spacial score (nSPS) is 15.6. The molecule has 2 atom stereocenters. The van der Waals surface area contributed by atoms with E-state index in [2.05, 4.69) is 5.32 Å². The zero-order valence-corrected chi connectivity index (χ0v) is 18.9. The number of benzene rings is 3. The van der Waals surface area contributed by atoms with Gasteiger partial charge in [0, 0.05) is 11.1 Å². The predicted octanol–water partition coefficient (Wildman–Crippen LogP) is 6.92. The minimum absolute atomic E-state index is 0.120. The van der Waals surface area contributed by atoms with E-state index < -0.39 is 42.5 Å². The Kier molecular flexibility index (Phi) is 7.57. The van der Waals surface area contributed by atoms with Crippen LogP contribution in [0.15, 0.2) is 66.7 Å². The van der Waals surface area contributed by atoms with E-state index in [9.17, 15) is 26.7 Å². The highest BCUT2D eigenvalue weighted by molar-refractivity contribution is 6.30. The van der Waals surface area contributed by atoms with Gasteiger partial charge in [-0.15, -0.1) is 0 Å². The van der Waals surface area contributed by atoms with Gasteiger partial charge in [0.2, 0.25) is 0 Å². The molecule has 4 rings (SSSR count). The second-order valence-corrected chi connectivity index (χ2v) is 8.45. The molecule has 1 aliphatic rings. The van der Waals surface area contributed by atoms with Crippen LogP contribution in [0.1, 0.15) is 29.0 Å². The van der Waals surface area contributed by atoms with E-state index in [1.54, 1.807) is 30.3 Å². The van der Waals surface area contributed by atoms with Crippen LogP contribution in [0.25, 0.3) is 0 Å². The number of nitrogens with zero attached hydrogens (tertiary/aromatic N) is 1. The van der Waals surface area contributed by atoms with Crippen molar-refractivity contribution in [3.8, 4) is 0 Å². The number of carbonyl (C=O) groups is 1. The molecule has 1 saturated heterocycles. The SMILES string of the molecule is O=C(Nc1ccc(F)cc1F)N1CC(OC(c2ccc(Cl)cc2)c2ccccc2C(F)C(F)F)C1. The Hall–Kier alpha value is -3.17. The second kappa shape index (κ2) is 10.6. The van der Waals surface area contributed by atoms with Crippen LogP contribution >= 0.6 is 11.6 Å². The summed E-state index contributed by atoms with van der Waals surface area (Å²) in [6, 6.07) is 14.6. The van der Waals surface area contributed by atoms with Crippen LogP contribution in [0.5, 0.6) is 0 Å². The molecule has 184 valence electrons. The number of hydrogen-bond donors (Lipinski definition) is 1. The molecule has 2 unspecified atom stereocenters. The lowest BCUT2D eigenvalue weighted by molar-refractivity contribution is -0.0638. The number of alkyl halides is 3. The summed E-state index contributed by atoms with van der Waals surface area (Å²) in [5.41, 5.74) is 0.441. The fourth-order valence-electron chi connectivity index (χ4n) is 3.77. The van der Waals surface area contributed by atoms with Gasteiger partial charge in [-0.3, -0.25) is 0 Å². The maximum atomic E-state index is 14.4. The molecule has 2 amide bonds. The first-order valence-electron chi connectivity index (χ1n) is 10.7. The molecule has 10 heteroatoms. The Bertz CT molecular complexity index is 1190. The quantitative estimate of drug-likeness (QED) is 0.351. The molecule has 0 saturated carbocycles. The van der Waals surface area contributed by atoms with E-state index in [0.717, 1.165) is 12.1 Å². The third kappa shape index (κ3) is 5.74. The Morgan fingerprint density at radius 3 is 2.26 bits per heavy atom. The number of ether oxygens (including phenoxy) is 1. The fraction of sp³-hybridized carbons (Fsp3) is 0.240. The molecule has 1 heterocycles. The number of hydrogen-bond acceptors (Lipinski definition) is 2. The molecule has 1 aliphatic heterocycles. The van der Waals surface area contributed by atoms with Crippen molar-refractivity contribution in [3.63, 3.8) is 0 Å². The summed E-state index contributed by atoms with van der Waals surface area (Å²) >= 11 is 5.97. The molecule has 0 aromatic heterocycles. The summed E-state index contributed by atoms with van der Waals surface area (Å²) in [4.78, 5) is 13.8. The van der Waals surface area contributed by atoms with Crippen LogP contribution in [0, 0.1) is 11.6 Å². The molecule has 3 aromatic carbocycles. The topological polar surface area (TPSA) is 41.6 Å². The largest absolute Gasteiger partial charge is 0.362 e. The van der Waals surface area contributed by atoms with Gasteiger partial charge < -0.3 is 15.0 Å². The first kappa shape index (κ1) is 24.9. The molecule has 4 nitrogen and oxygen atoms in total. The van der Waals surface area contributed by atoms with Crippen molar-refractivity contribution >= 4 is 23.3 Å². The van der Waals surface area contributed by atoms with Crippen molar-refractivity contribution in [1.29, 1.82) is 0 Å². The maximum Gasteiger partial charge on any atom is 0.322 e. The summed E-state index contributed by atoms with van der Waals surface area (Å²) in [6.45, 7) is 0.240. The van der Waals surface area contributed by atoms with Gasteiger partial charge in [0.1, 0.15) is 17.7 Å². The Morgan fingerprint density at radius 1 is 0.971 bits per heavy atom. The van der Waals surface area contributed by atoms with E-state index in [4.69, 9.17) is 16.3 Å². The van der Waals surface area contributed by atoms with E-state index in [1.807, 2.05) is 0 Å². The van der Waals surface area contributed by atoms with Crippen molar-refractivity contribution in [1.82, 2.24) is 4.90 Å². The highest BCUT2D eigenvalue weighted by atomic mass is 35.5. The lowest BCUT2D eigenvalue weighted by Gasteiger charge is -2.41. The number of likely N-dealkylation sites (tertiary alicyclic amines) is 1. The van der Waals surface area contributed by atoms with E-state index in [0.29, 0.717) is 16.7 Å². The van der Waals surface area contributed by atoms with Crippen molar-refractivity contribution in [2.75, 3.05) is 18.4 Å². The van der Waals surface area contributed by atoms with Crippen LogP contribution in [0.4, 0.5) is 32.4 Å². The van der Waals surface area contributed by atoms with E-state index >= 15 is 0 Å². The zero-order chi connectivity index (χ0) is 25.1. The number of nitrogens with one attached hydrogen (secondary N) is 1. The average molecular weight is 511 g/mol. The predicted molar refractivity (Wildman–Crippen MR) is 121 cm³/mol. The number of halogens is 6. The van der Waals surface area contributed by atoms with Gasteiger partial charge in [-0.25, -0.2) is 26.7 Å². The number of urea groups is 1. The van der Waals surface area contributed by atoms with Crippen molar-refractivity contribution in [3.05, 3.63) is 100 Å². The van der Waals surface area contributed by atoms with Gasteiger partial charge in [0.25, 0.3) is 6.43 Å². The minimum Gasteiger partial charge on any atom is -0.362 e. The van der Waals surface area contributed by atoms with Gasteiger partial charge in [0.05, 0.1) is 24.9 Å². The molecule has 0 spiro atoms. The molecule has 1 N–H and O–H groups in total. The Balaban J connectivity index is 1.50. The molecular weight excluding hydrogens is 491 g/mol. The number of amides is 2. The fourth-order valence-corrected chi connectivity index (χ4v) is 3.90. The lowest BCUT2D eigenvalue weighted by atomic mass is 9.94. The van der Waals surface area contributed by atoms with Crippen molar-refractivity contribution in [2.24, 2.45) is 0 Å². The Labute approximate surface area is 203 Å². The zero-order valence-electron chi connectivity index (χ0n) is 18.1. The molecule has 0 bridgehead atoms. The summed E-state index contributed by atoms with van der Waals surface area (Å²) in [6.07, 6.45) is -7.11. The highest BCUT2D eigenvalue weighted by Crippen LogP contribution is 2.37. The minimum atomic E-state index is -3.21. The third-order valence-corrected chi connectivity index (χ3v) is 5.86. The molecule has 35 heavy (non-hydrogen) atoms. The van der Waals surface area contributed by atoms with E-state index in [1.165, 1.54) is 23.1 Å². The first-order valence-corrected chi connectivity index (χ1v) is 11.0. The van der Waals surface area contributed by atoms with Gasteiger partial charge in [-0.2, -0.15) is 0 Å². The maximum absolute atomic E-state index is 14.4. The molecule has 1 fully saturated rings. The number of carbonyl (C=O) groups excluding carboxylic acids is 1. The van der Waals surface area contributed by atoms with Crippen molar-refractivity contribution in [2.45, 2.75) is 24.8 Å². The molecule has 0 radical (unpaired) electrons. The molecule has 3 aromatic rings. The van der Waals surface area contributed by atoms with Crippen LogP contribution < -0.4 is 5.32 Å². The van der Waals surface area contributed by atoms with Crippen LogP contribution in [0.2, 0.25) is 5.02 Å². The molecular formula is C25H20ClF5N2O2. The van der Waals surface area contributed by atoms with E-state index in [-0.39, 0.29) is 29.9 Å². The lowest BCUT2D eigenvalue weighted by Crippen LogP contribution is -2.56. The Morgan fingerprint density at radius 2 is 1.63 bits per heavy atom. The highest BCUT2D eigenvalue weighted by Gasteiger charge is 2.36. The summed E-state index contributed by atoms with van der Waals surface area (Å²) in [5, 5.41) is 2.82. The summed E-state index contributed by atoms with van der Waals surface area (Å²) in [5.74, 6) is -1.68. The smallest absolute Gasteiger partial charge is 0.322 e. The summed E-state index contributed by atoms with van der Waals surface area (Å²) < 4.78 is 73.8. The number of rotatable bonds is 7. The van der Waals surface area contributed by atoms with Gasteiger partial charge in [-0.05, 0) is 41.0 Å². The summed E-state index contributed by atoms with van der Waals surface area (Å²) in [7, 11) is 0. The van der Waals surface area contributed by atoms with Crippen LogP contribution in [0.3, 0.4) is 0 Å². The average Bonchev–Trinajstić information content (AvgIpc) is 2.80. The van der Waals surface area contributed by atoms with Gasteiger partial charge in [-0.1, -0.05) is 48.0 Å². The first-order chi connectivity index (χ1) is 16.7. The molecule has 0 aliphatic carbocycles. The monoisotopic (exact) mass is 510 g/mol. The van der Waals surface area contributed by atoms with Crippen molar-refractivity contribution < 1.29 is 31.5 Å². The van der Waals surface area contributed by atoms with Crippen LogP contribution in [-0.2, 0) is 4.74 Å². The van der Waals surface area contributed by atoms with Gasteiger partial charge >= 0.3 is 6.03 Å². The number of anilines is 1. The van der Waals surface area contributed by atoms with Gasteiger partial charge in [0.15, 0.2) is 6.17 Å². The standard InChI is InChI=1S/C25H20ClF5N2O2/c26-15-7-5-14(6-8-15)23(19-4-2-1-3-18(19)22(29)24(30)31)35-17-12-33(13-17)25(34)32-21-10-9-16(27)11-20(21)28/h1-11,17,22-24H,12-13H2,(H,32,34). The third-order valence-electron chi connectivity index (χ3n) is 5.61.